The third-order valence-corrected chi connectivity index (χ3v) is 10.5. The van der Waals surface area contributed by atoms with Crippen molar-refractivity contribution in [2.24, 2.45) is 0 Å². The Labute approximate surface area is 337 Å². The van der Waals surface area contributed by atoms with Gasteiger partial charge in [0.05, 0.1) is 25.4 Å². The fourth-order valence-corrected chi connectivity index (χ4v) is 7.02. The normalized spacial score (nSPS) is 22.3. The molecular weight excluding hydrogens is 743 g/mol. The van der Waals surface area contributed by atoms with E-state index in [1.54, 1.807) is 6.08 Å². The van der Waals surface area contributed by atoms with E-state index in [-0.39, 0.29) is 6.42 Å². The van der Waals surface area contributed by atoms with Gasteiger partial charge in [0.25, 0.3) is 0 Å². The van der Waals surface area contributed by atoms with Crippen LogP contribution in [0.1, 0.15) is 162 Å². The van der Waals surface area contributed by atoms with Crippen LogP contribution in [0.2, 0.25) is 0 Å². The minimum Gasteiger partial charge on any atom is -0.394 e. The van der Waals surface area contributed by atoms with Crippen molar-refractivity contribution in [1.29, 1.82) is 0 Å². The van der Waals surface area contributed by atoms with Crippen molar-refractivity contribution in [2.75, 3.05) is 13.2 Å². The highest BCUT2D eigenvalue weighted by Gasteiger charge is 2.48. The molecule has 0 saturated carbocycles. The molecule has 0 spiro atoms. The van der Waals surface area contributed by atoms with Crippen LogP contribution in [0.25, 0.3) is 0 Å². The number of carbonyl (C=O) groups is 1. The quantitative estimate of drug-likeness (QED) is 0.0207. The van der Waals surface area contributed by atoms with Crippen LogP contribution in [-0.2, 0) is 28.9 Å². The molecule has 1 aliphatic rings. The summed E-state index contributed by atoms with van der Waals surface area (Å²) in [7, 11) is -5.12. The fourth-order valence-electron chi connectivity index (χ4n) is 6.51. The average Bonchev–Trinajstić information content (AvgIpc) is 3.16. The summed E-state index contributed by atoms with van der Waals surface area (Å²) in [5, 5.41) is 54.9. The van der Waals surface area contributed by atoms with Crippen LogP contribution in [0.4, 0.5) is 0 Å². The van der Waals surface area contributed by atoms with Crippen molar-refractivity contribution in [3.63, 3.8) is 0 Å². The van der Waals surface area contributed by atoms with Gasteiger partial charge in [-0.15, -0.1) is 0 Å². The highest BCUT2D eigenvalue weighted by atomic mass is 32.3. The maximum Gasteiger partial charge on any atom is 0.397 e. The monoisotopic (exact) mass is 820 g/mol. The van der Waals surface area contributed by atoms with Crippen molar-refractivity contribution in [2.45, 2.75) is 210 Å². The van der Waals surface area contributed by atoms with Crippen LogP contribution in [0.15, 0.2) is 36.5 Å². The predicted octanol–water partition coefficient (Wildman–Crippen LogP) is 6.52. The van der Waals surface area contributed by atoms with Crippen molar-refractivity contribution < 1.29 is 57.0 Å². The minimum atomic E-state index is -5.12. The van der Waals surface area contributed by atoms with Crippen molar-refractivity contribution in [3.05, 3.63) is 36.5 Å². The maximum atomic E-state index is 13.0. The number of aliphatic hydroxyl groups excluding tert-OH is 5. The highest BCUT2D eigenvalue weighted by Crippen LogP contribution is 2.26. The number of carbonyl (C=O) groups excluding carboxylic acids is 1. The van der Waals surface area contributed by atoms with Gasteiger partial charge in [-0.05, 0) is 51.4 Å². The Hall–Kier alpha value is -1.72. The number of ether oxygens (including phenoxy) is 2. The van der Waals surface area contributed by atoms with Gasteiger partial charge in [-0.2, -0.15) is 8.42 Å². The molecule has 0 aromatic heterocycles. The lowest BCUT2D eigenvalue weighted by Crippen LogP contribution is -2.61. The molecule has 56 heavy (non-hydrogen) atoms. The summed E-state index contributed by atoms with van der Waals surface area (Å²) in [5.41, 5.74) is 0. The van der Waals surface area contributed by atoms with Gasteiger partial charge in [0, 0.05) is 0 Å². The van der Waals surface area contributed by atoms with Crippen LogP contribution >= 0.6 is 0 Å². The Bertz CT molecular complexity index is 1170. The summed E-state index contributed by atoms with van der Waals surface area (Å²) in [4.78, 5) is 13.0. The zero-order valence-corrected chi connectivity index (χ0v) is 35.1. The number of amides is 1. The molecule has 1 saturated heterocycles. The zero-order chi connectivity index (χ0) is 41.4. The second kappa shape index (κ2) is 33.1. The summed E-state index contributed by atoms with van der Waals surface area (Å²) in [5.74, 6) is -0.725. The second-order valence-electron chi connectivity index (χ2n) is 15.1. The van der Waals surface area contributed by atoms with Crippen molar-refractivity contribution >= 4 is 16.3 Å². The molecule has 1 heterocycles. The minimum absolute atomic E-state index is 0.221. The first kappa shape index (κ1) is 52.3. The van der Waals surface area contributed by atoms with Gasteiger partial charge in [-0.1, -0.05) is 147 Å². The van der Waals surface area contributed by atoms with Gasteiger partial charge in [-0.3, -0.25) is 9.35 Å². The smallest absolute Gasteiger partial charge is 0.394 e. The number of allylic oxidation sites excluding steroid dienone is 5. The van der Waals surface area contributed by atoms with E-state index in [1.807, 2.05) is 0 Å². The van der Waals surface area contributed by atoms with E-state index in [0.29, 0.717) is 12.8 Å². The Kier molecular flexibility index (Phi) is 31.0. The Morgan fingerprint density at radius 1 is 0.714 bits per heavy atom. The largest absolute Gasteiger partial charge is 0.397 e. The standard InChI is InChI=1S/C42H77NO12S/c1-3-5-7-9-11-13-15-16-17-18-19-20-21-23-24-26-28-30-35(45)34(43-41(49)36(46)31-29-27-25-22-14-12-10-8-6-4-2)33-53-42-39(48)40(55-56(50,51)52)38(47)37(32-44)54-42/h10,12,21,23,28,30,34-40,42,44-48H,3-9,11,13-20,22,24-27,29,31-33H2,1-2H3,(H,43,49)(H,50,51,52)/b12-10-,23-21+,30-28+. The van der Waals surface area contributed by atoms with Crippen LogP contribution in [0, 0.1) is 0 Å². The fraction of sp³-hybridized carbons (Fsp3) is 0.833. The van der Waals surface area contributed by atoms with E-state index in [9.17, 15) is 38.7 Å². The number of rotatable bonds is 35. The summed E-state index contributed by atoms with van der Waals surface area (Å²) in [6.07, 6.45) is 25.3. The molecule has 0 aliphatic carbocycles. The van der Waals surface area contributed by atoms with E-state index >= 15 is 0 Å². The summed E-state index contributed by atoms with van der Waals surface area (Å²) in [6, 6.07) is -1.14. The van der Waals surface area contributed by atoms with Gasteiger partial charge in [0.1, 0.15) is 30.5 Å². The molecule has 1 aliphatic heterocycles. The first-order valence-electron chi connectivity index (χ1n) is 21.5. The average molecular weight is 820 g/mol. The number of hydrogen-bond acceptors (Lipinski definition) is 11. The van der Waals surface area contributed by atoms with E-state index in [2.05, 4.69) is 47.7 Å². The molecule has 0 aromatic carbocycles. The highest BCUT2D eigenvalue weighted by molar-refractivity contribution is 7.80. The topological polar surface area (TPSA) is 212 Å². The van der Waals surface area contributed by atoms with Gasteiger partial charge in [-0.25, -0.2) is 4.18 Å². The third-order valence-electron chi connectivity index (χ3n) is 10.0. The second-order valence-corrected chi connectivity index (χ2v) is 16.1. The first-order chi connectivity index (χ1) is 26.9. The molecule has 328 valence electrons. The molecule has 0 bridgehead atoms. The van der Waals surface area contributed by atoms with Gasteiger partial charge in [0.15, 0.2) is 6.29 Å². The van der Waals surface area contributed by atoms with Gasteiger partial charge >= 0.3 is 10.4 Å². The van der Waals surface area contributed by atoms with Crippen LogP contribution < -0.4 is 5.32 Å². The van der Waals surface area contributed by atoms with E-state index in [4.69, 9.17) is 14.0 Å². The van der Waals surface area contributed by atoms with E-state index in [1.165, 1.54) is 83.1 Å². The molecule has 1 rings (SSSR count). The number of unbranched alkanes of at least 4 members (excludes halogenated alkanes) is 18. The van der Waals surface area contributed by atoms with E-state index < -0.39 is 78.5 Å². The maximum absolute atomic E-state index is 13.0. The number of nitrogens with one attached hydrogen (secondary N) is 1. The molecule has 0 aromatic rings. The van der Waals surface area contributed by atoms with Gasteiger partial charge in [0.2, 0.25) is 5.91 Å². The molecule has 14 heteroatoms. The van der Waals surface area contributed by atoms with Crippen molar-refractivity contribution in [1.82, 2.24) is 5.32 Å². The van der Waals surface area contributed by atoms with Gasteiger partial charge < -0.3 is 40.3 Å². The molecule has 1 amide bonds. The molecule has 8 atom stereocenters. The summed E-state index contributed by atoms with van der Waals surface area (Å²) >= 11 is 0. The Morgan fingerprint density at radius 2 is 1.21 bits per heavy atom. The lowest BCUT2D eigenvalue weighted by molar-refractivity contribution is -0.298. The molecule has 0 radical (unpaired) electrons. The number of hydrogen-bond donors (Lipinski definition) is 7. The SMILES string of the molecule is CCCC/C=C\CCCCCCC(O)C(=O)NC(COC1OC(CO)C(O)C(OS(=O)(=O)O)C1O)C(O)/C=C/CC/C=C/CCCCCCCCCCCCC. The molecule has 1 fully saturated rings. The molecule has 7 N–H and O–H groups in total. The summed E-state index contributed by atoms with van der Waals surface area (Å²) in [6.45, 7) is 3.12. The van der Waals surface area contributed by atoms with Crippen LogP contribution in [0.5, 0.6) is 0 Å². The van der Waals surface area contributed by atoms with Crippen LogP contribution in [0.3, 0.4) is 0 Å². The third kappa shape index (κ3) is 25.6. The molecule has 13 nitrogen and oxygen atoms in total. The predicted molar refractivity (Wildman–Crippen MR) is 219 cm³/mol. The Morgan fingerprint density at radius 3 is 1.77 bits per heavy atom. The summed E-state index contributed by atoms with van der Waals surface area (Å²) < 4.78 is 47.3. The lowest BCUT2D eigenvalue weighted by Gasteiger charge is -2.41. The van der Waals surface area contributed by atoms with E-state index in [0.717, 1.165) is 51.4 Å². The molecular formula is C42H77NO12S. The van der Waals surface area contributed by atoms with Crippen molar-refractivity contribution in [3.8, 4) is 0 Å². The lowest BCUT2D eigenvalue weighted by atomic mass is 9.99. The first-order valence-corrected chi connectivity index (χ1v) is 22.8. The zero-order valence-electron chi connectivity index (χ0n) is 34.3. The van der Waals surface area contributed by atoms with Crippen LogP contribution in [-0.4, -0.2) is 107 Å². The number of aliphatic hydroxyl groups is 5. The Balaban J connectivity index is 2.67. The molecule has 8 unspecified atom stereocenters.